The molecule has 0 radical (unpaired) electrons. The molecule has 0 fully saturated rings. The van der Waals surface area contributed by atoms with Crippen molar-refractivity contribution in [2.75, 3.05) is 10.6 Å². The number of H-pyrrole nitrogens is 1. The number of benzene rings is 2. The minimum atomic E-state index is -0.376. The quantitative estimate of drug-likeness (QED) is 0.655. The highest BCUT2D eigenvalue weighted by atomic mass is 16.1. The lowest BCUT2D eigenvalue weighted by molar-refractivity contribution is 1.01. The molecular weight excluding hydrogens is 288 g/mol. The first-order valence-corrected chi connectivity index (χ1v) is 7.46. The van der Waals surface area contributed by atoms with Crippen LogP contribution in [0.15, 0.2) is 71.5 Å². The maximum atomic E-state index is 11.7. The predicted molar refractivity (Wildman–Crippen MR) is 92.4 cm³/mol. The van der Waals surface area contributed by atoms with Gasteiger partial charge in [0.15, 0.2) is 0 Å². The van der Waals surface area contributed by atoms with Crippen LogP contribution in [0.25, 0.3) is 0 Å². The molecule has 0 aliphatic rings. The third-order valence-corrected chi connectivity index (χ3v) is 3.39. The standard InChI is InChI=1S/C18H18N4O/c23-18-21-16(19-12-14-7-3-1-4-8-14)11-17(22-18)20-13-15-9-5-2-6-10-15/h1-11H,12-13H2,(H3,19,20,21,22,23). The fraction of sp³-hybridized carbons (Fsp3) is 0.111. The van der Waals surface area contributed by atoms with Gasteiger partial charge in [0.1, 0.15) is 11.6 Å². The minimum absolute atomic E-state index is 0.376. The number of aromatic nitrogens is 2. The van der Waals surface area contributed by atoms with Gasteiger partial charge in [0.05, 0.1) is 0 Å². The van der Waals surface area contributed by atoms with Crippen LogP contribution < -0.4 is 16.3 Å². The number of aromatic amines is 1. The van der Waals surface area contributed by atoms with E-state index >= 15 is 0 Å². The Labute approximate surface area is 134 Å². The van der Waals surface area contributed by atoms with Gasteiger partial charge >= 0.3 is 5.69 Å². The molecule has 3 aromatic rings. The van der Waals surface area contributed by atoms with Crippen molar-refractivity contribution in [1.29, 1.82) is 0 Å². The summed E-state index contributed by atoms with van der Waals surface area (Å²) in [6.07, 6.45) is 0. The van der Waals surface area contributed by atoms with Crippen LogP contribution in [-0.4, -0.2) is 9.97 Å². The van der Waals surface area contributed by atoms with Crippen LogP contribution in [0, 0.1) is 0 Å². The van der Waals surface area contributed by atoms with Gasteiger partial charge in [0, 0.05) is 19.2 Å². The van der Waals surface area contributed by atoms with Crippen molar-refractivity contribution in [1.82, 2.24) is 9.97 Å². The molecule has 0 atom stereocenters. The first-order valence-electron chi connectivity index (χ1n) is 7.46. The molecule has 116 valence electrons. The number of hydrogen-bond acceptors (Lipinski definition) is 4. The molecule has 0 saturated heterocycles. The van der Waals surface area contributed by atoms with E-state index in [4.69, 9.17) is 0 Å². The predicted octanol–water partition coefficient (Wildman–Crippen LogP) is 2.99. The lowest BCUT2D eigenvalue weighted by atomic mass is 10.2. The molecule has 5 nitrogen and oxygen atoms in total. The number of anilines is 2. The zero-order valence-corrected chi connectivity index (χ0v) is 12.6. The summed E-state index contributed by atoms with van der Waals surface area (Å²) in [6, 6.07) is 21.8. The van der Waals surface area contributed by atoms with E-state index in [1.807, 2.05) is 60.7 Å². The average molecular weight is 306 g/mol. The Morgan fingerprint density at radius 1 is 0.826 bits per heavy atom. The van der Waals surface area contributed by atoms with Crippen molar-refractivity contribution in [2.24, 2.45) is 0 Å². The van der Waals surface area contributed by atoms with Crippen LogP contribution >= 0.6 is 0 Å². The Kier molecular flexibility index (Phi) is 4.69. The van der Waals surface area contributed by atoms with Crippen molar-refractivity contribution in [3.8, 4) is 0 Å². The Balaban J connectivity index is 1.65. The smallest absolute Gasteiger partial charge is 0.348 e. The van der Waals surface area contributed by atoms with Gasteiger partial charge in [-0.15, -0.1) is 0 Å². The lowest BCUT2D eigenvalue weighted by Gasteiger charge is -2.09. The maximum Gasteiger partial charge on any atom is 0.348 e. The number of nitrogens with zero attached hydrogens (tertiary/aromatic N) is 1. The summed E-state index contributed by atoms with van der Waals surface area (Å²) in [5.41, 5.74) is 1.90. The van der Waals surface area contributed by atoms with Gasteiger partial charge < -0.3 is 10.6 Å². The van der Waals surface area contributed by atoms with Gasteiger partial charge in [-0.25, -0.2) is 4.79 Å². The van der Waals surface area contributed by atoms with Crippen LogP contribution in [0.2, 0.25) is 0 Å². The SMILES string of the molecule is O=c1nc(NCc2ccccc2)cc(NCc2ccccc2)[nH]1. The van der Waals surface area contributed by atoms with Crippen LogP contribution in [0.5, 0.6) is 0 Å². The zero-order valence-electron chi connectivity index (χ0n) is 12.6. The third kappa shape index (κ3) is 4.44. The van der Waals surface area contributed by atoms with Crippen molar-refractivity contribution in [3.05, 3.63) is 88.3 Å². The van der Waals surface area contributed by atoms with Gasteiger partial charge in [0.25, 0.3) is 0 Å². The second-order valence-electron chi connectivity index (χ2n) is 5.16. The summed E-state index contributed by atoms with van der Waals surface area (Å²) in [6.45, 7) is 1.26. The number of nitrogens with one attached hydrogen (secondary N) is 3. The highest BCUT2D eigenvalue weighted by Crippen LogP contribution is 2.10. The minimum Gasteiger partial charge on any atom is -0.367 e. The van der Waals surface area contributed by atoms with Gasteiger partial charge in [-0.3, -0.25) is 4.98 Å². The van der Waals surface area contributed by atoms with Crippen LogP contribution in [-0.2, 0) is 13.1 Å². The van der Waals surface area contributed by atoms with E-state index < -0.39 is 0 Å². The number of rotatable bonds is 6. The molecular formula is C18H18N4O. The molecule has 0 aliphatic heterocycles. The van der Waals surface area contributed by atoms with E-state index in [0.29, 0.717) is 24.7 Å². The summed E-state index contributed by atoms with van der Waals surface area (Å²) < 4.78 is 0. The Hall–Kier alpha value is -3.08. The van der Waals surface area contributed by atoms with E-state index in [1.165, 1.54) is 0 Å². The van der Waals surface area contributed by atoms with Crippen LogP contribution in [0.1, 0.15) is 11.1 Å². The summed E-state index contributed by atoms with van der Waals surface area (Å²) in [7, 11) is 0. The van der Waals surface area contributed by atoms with E-state index in [0.717, 1.165) is 11.1 Å². The molecule has 1 heterocycles. The largest absolute Gasteiger partial charge is 0.367 e. The van der Waals surface area contributed by atoms with Crippen molar-refractivity contribution >= 4 is 11.6 Å². The van der Waals surface area contributed by atoms with Crippen LogP contribution in [0.3, 0.4) is 0 Å². The second-order valence-corrected chi connectivity index (χ2v) is 5.16. The van der Waals surface area contributed by atoms with Crippen molar-refractivity contribution in [2.45, 2.75) is 13.1 Å². The molecule has 2 aromatic carbocycles. The van der Waals surface area contributed by atoms with Crippen molar-refractivity contribution < 1.29 is 0 Å². The third-order valence-electron chi connectivity index (χ3n) is 3.39. The molecule has 5 heteroatoms. The van der Waals surface area contributed by atoms with E-state index in [1.54, 1.807) is 6.07 Å². The first-order chi connectivity index (χ1) is 11.3. The maximum absolute atomic E-state index is 11.7. The molecule has 3 N–H and O–H groups in total. The molecule has 0 amide bonds. The normalized spacial score (nSPS) is 10.3. The molecule has 0 saturated carbocycles. The van der Waals surface area contributed by atoms with Gasteiger partial charge in [-0.2, -0.15) is 4.98 Å². The number of hydrogen-bond donors (Lipinski definition) is 3. The van der Waals surface area contributed by atoms with Gasteiger partial charge in [-0.1, -0.05) is 60.7 Å². The monoisotopic (exact) mass is 306 g/mol. The summed E-state index contributed by atoms with van der Waals surface area (Å²) in [5, 5.41) is 6.37. The summed E-state index contributed by atoms with van der Waals surface area (Å²) >= 11 is 0. The Morgan fingerprint density at radius 3 is 2.00 bits per heavy atom. The van der Waals surface area contributed by atoms with Crippen LogP contribution in [0.4, 0.5) is 11.6 Å². The molecule has 23 heavy (non-hydrogen) atoms. The second kappa shape index (κ2) is 7.26. The molecule has 0 bridgehead atoms. The van der Waals surface area contributed by atoms with E-state index in [9.17, 15) is 4.79 Å². The highest BCUT2D eigenvalue weighted by Gasteiger charge is 2.01. The summed E-state index contributed by atoms with van der Waals surface area (Å²) in [5.74, 6) is 1.19. The molecule has 0 aliphatic carbocycles. The molecule has 1 aromatic heterocycles. The Morgan fingerprint density at radius 2 is 1.39 bits per heavy atom. The van der Waals surface area contributed by atoms with E-state index in [-0.39, 0.29) is 5.69 Å². The zero-order chi connectivity index (χ0) is 15.9. The first kappa shape index (κ1) is 14.8. The van der Waals surface area contributed by atoms with Gasteiger partial charge in [-0.05, 0) is 11.1 Å². The van der Waals surface area contributed by atoms with E-state index in [2.05, 4.69) is 20.6 Å². The summed E-state index contributed by atoms with van der Waals surface area (Å²) in [4.78, 5) is 18.3. The van der Waals surface area contributed by atoms with Crippen molar-refractivity contribution in [3.63, 3.8) is 0 Å². The fourth-order valence-electron chi connectivity index (χ4n) is 2.23. The highest BCUT2D eigenvalue weighted by molar-refractivity contribution is 5.47. The fourth-order valence-corrected chi connectivity index (χ4v) is 2.23. The molecule has 0 spiro atoms. The topological polar surface area (TPSA) is 69.8 Å². The molecule has 3 rings (SSSR count). The molecule has 0 unspecified atom stereocenters. The lowest BCUT2D eigenvalue weighted by Crippen LogP contribution is -2.16. The Bertz CT molecular complexity index is 735. The van der Waals surface area contributed by atoms with Gasteiger partial charge in [0.2, 0.25) is 0 Å². The average Bonchev–Trinajstić information content (AvgIpc) is 2.60.